The molecule has 3 N–H and O–H groups in total. The number of methoxy groups -OCH3 is 1. The van der Waals surface area contributed by atoms with E-state index in [1.807, 2.05) is 36.4 Å². The van der Waals surface area contributed by atoms with Gasteiger partial charge in [0.1, 0.15) is 5.75 Å². The van der Waals surface area contributed by atoms with Crippen molar-refractivity contribution >= 4 is 34.3 Å². The Labute approximate surface area is 179 Å². The first-order valence-electron chi connectivity index (χ1n) is 10.1. The van der Waals surface area contributed by atoms with Gasteiger partial charge in [0.05, 0.1) is 18.6 Å². The molecule has 31 heavy (non-hydrogen) atoms. The third-order valence-corrected chi connectivity index (χ3v) is 5.40. The van der Waals surface area contributed by atoms with Crippen LogP contribution in [0.1, 0.15) is 16.8 Å². The molecule has 1 aliphatic heterocycles. The zero-order chi connectivity index (χ0) is 21.8. The Morgan fingerprint density at radius 2 is 1.94 bits per heavy atom. The molecule has 2 heterocycles. The summed E-state index contributed by atoms with van der Waals surface area (Å²) in [5, 5.41) is 6.48. The molecule has 1 atom stereocenters. The Bertz CT molecular complexity index is 1120. The van der Waals surface area contributed by atoms with Crippen molar-refractivity contribution in [2.24, 2.45) is 5.92 Å². The molecule has 4 rings (SSSR count). The summed E-state index contributed by atoms with van der Waals surface area (Å²) >= 11 is 0. The number of carbonyl (C=O) groups excluding carboxylic acids is 3. The molecule has 0 saturated carbocycles. The van der Waals surface area contributed by atoms with Gasteiger partial charge in [-0.15, -0.1) is 0 Å². The van der Waals surface area contributed by atoms with E-state index in [4.69, 9.17) is 4.74 Å². The smallest absolute Gasteiger partial charge is 0.253 e. The number of fused-ring (bicyclic) bond motifs is 1. The number of anilines is 1. The van der Waals surface area contributed by atoms with Gasteiger partial charge in [0.25, 0.3) is 5.91 Å². The van der Waals surface area contributed by atoms with Crippen LogP contribution < -0.4 is 20.3 Å². The SMILES string of the molecule is COc1cccc(N2CC(C(=O)NCCNC(=O)c3c[nH]c4ccccc34)CC2=O)c1. The van der Waals surface area contributed by atoms with Crippen molar-refractivity contribution in [2.75, 3.05) is 31.6 Å². The van der Waals surface area contributed by atoms with Gasteiger partial charge in [0.15, 0.2) is 0 Å². The van der Waals surface area contributed by atoms with Crippen LogP contribution in [0.5, 0.6) is 5.75 Å². The number of rotatable bonds is 7. The average Bonchev–Trinajstić information content (AvgIpc) is 3.40. The van der Waals surface area contributed by atoms with E-state index < -0.39 is 5.92 Å². The molecule has 1 aromatic heterocycles. The van der Waals surface area contributed by atoms with E-state index in [-0.39, 0.29) is 30.7 Å². The molecule has 0 aliphatic carbocycles. The third kappa shape index (κ3) is 4.37. The Morgan fingerprint density at radius 1 is 1.13 bits per heavy atom. The van der Waals surface area contributed by atoms with Crippen molar-refractivity contribution in [3.8, 4) is 5.75 Å². The Balaban J connectivity index is 1.26. The number of aromatic nitrogens is 1. The maximum atomic E-state index is 12.5. The van der Waals surface area contributed by atoms with Crippen molar-refractivity contribution in [3.63, 3.8) is 0 Å². The van der Waals surface area contributed by atoms with E-state index in [1.54, 1.807) is 30.3 Å². The normalized spacial score (nSPS) is 15.8. The van der Waals surface area contributed by atoms with Gasteiger partial charge < -0.3 is 25.3 Å². The predicted octanol–water partition coefficient (Wildman–Crippen LogP) is 2.08. The second-order valence-corrected chi connectivity index (χ2v) is 7.40. The number of para-hydroxylation sites is 1. The number of amides is 3. The monoisotopic (exact) mass is 420 g/mol. The summed E-state index contributed by atoms with van der Waals surface area (Å²) in [5.41, 5.74) is 2.18. The molecule has 3 amide bonds. The highest BCUT2D eigenvalue weighted by atomic mass is 16.5. The molecule has 1 aliphatic rings. The number of hydrogen-bond donors (Lipinski definition) is 3. The van der Waals surface area contributed by atoms with Gasteiger partial charge in [-0.05, 0) is 18.2 Å². The summed E-state index contributed by atoms with van der Waals surface area (Å²) in [6, 6.07) is 14.8. The number of nitrogens with zero attached hydrogens (tertiary/aromatic N) is 1. The van der Waals surface area contributed by atoms with E-state index in [9.17, 15) is 14.4 Å². The second kappa shape index (κ2) is 8.91. The first-order valence-corrected chi connectivity index (χ1v) is 10.1. The van der Waals surface area contributed by atoms with Gasteiger partial charge >= 0.3 is 0 Å². The quantitative estimate of drug-likeness (QED) is 0.509. The maximum absolute atomic E-state index is 12.5. The Hall–Kier alpha value is -3.81. The lowest BCUT2D eigenvalue weighted by atomic mass is 10.1. The van der Waals surface area contributed by atoms with E-state index in [0.29, 0.717) is 30.1 Å². The van der Waals surface area contributed by atoms with E-state index >= 15 is 0 Å². The number of H-pyrrole nitrogens is 1. The molecule has 0 bridgehead atoms. The van der Waals surface area contributed by atoms with Crippen LogP contribution in [0.2, 0.25) is 0 Å². The topological polar surface area (TPSA) is 104 Å². The second-order valence-electron chi connectivity index (χ2n) is 7.40. The average molecular weight is 420 g/mol. The van der Waals surface area contributed by atoms with Crippen LogP contribution in [0.4, 0.5) is 5.69 Å². The molecule has 2 aromatic carbocycles. The molecule has 8 nitrogen and oxygen atoms in total. The molecular weight excluding hydrogens is 396 g/mol. The minimum Gasteiger partial charge on any atom is -0.497 e. The van der Waals surface area contributed by atoms with Crippen molar-refractivity contribution in [1.82, 2.24) is 15.6 Å². The van der Waals surface area contributed by atoms with Crippen LogP contribution in [-0.2, 0) is 9.59 Å². The van der Waals surface area contributed by atoms with Gasteiger partial charge in [-0.2, -0.15) is 0 Å². The maximum Gasteiger partial charge on any atom is 0.253 e. The van der Waals surface area contributed by atoms with Crippen molar-refractivity contribution in [1.29, 1.82) is 0 Å². The van der Waals surface area contributed by atoms with E-state index in [1.165, 1.54) is 0 Å². The molecule has 160 valence electrons. The van der Waals surface area contributed by atoms with Crippen LogP contribution >= 0.6 is 0 Å². The van der Waals surface area contributed by atoms with E-state index in [0.717, 1.165) is 10.9 Å². The summed E-state index contributed by atoms with van der Waals surface area (Å²) in [5.74, 6) is -0.264. The number of carbonyl (C=O) groups is 3. The fourth-order valence-electron chi connectivity index (χ4n) is 3.77. The summed E-state index contributed by atoms with van der Waals surface area (Å²) in [7, 11) is 1.57. The number of hydrogen-bond acceptors (Lipinski definition) is 4. The van der Waals surface area contributed by atoms with Crippen LogP contribution in [-0.4, -0.2) is 49.4 Å². The molecule has 8 heteroatoms. The fraction of sp³-hybridized carbons (Fsp3) is 0.261. The number of benzene rings is 2. The summed E-state index contributed by atoms with van der Waals surface area (Å²) < 4.78 is 5.21. The van der Waals surface area contributed by atoms with Crippen molar-refractivity contribution < 1.29 is 19.1 Å². The van der Waals surface area contributed by atoms with Crippen molar-refractivity contribution in [3.05, 3.63) is 60.3 Å². The number of aromatic amines is 1. The minimum absolute atomic E-state index is 0.0963. The van der Waals surface area contributed by atoms with Crippen LogP contribution in [0.15, 0.2) is 54.7 Å². The lowest BCUT2D eigenvalue weighted by molar-refractivity contribution is -0.126. The Kier molecular flexibility index (Phi) is 5.88. The third-order valence-electron chi connectivity index (χ3n) is 5.40. The fourth-order valence-corrected chi connectivity index (χ4v) is 3.77. The van der Waals surface area contributed by atoms with Gasteiger partial charge in [-0.3, -0.25) is 14.4 Å². The zero-order valence-electron chi connectivity index (χ0n) is 17.2. The number of ether oxygens (including phenoxy) is 1. The molecular formula is C23H24N4O4. The summed E-state index contributed by atoms with van der Waals surface area (Å²) in [6.45, 7) is 0.903. The molecule has 3 aromatic rings. The molecule has 1 fully saturated rings. The molecule has 0 spiro atoms. The first kappa shape index (κ1) is 20.5. The highest BCUT2D eigenvalue weighted by molar-refractivity contribution is 6.06. The molecule has 1 unspecified atom stereocenters. The first-order chi connectivity index (χ1) is 15.1. The van der Waals surface area contributed by atoms with Gasteiger partial charge in [-0.1, -0.05) is 24.3 Å². The summed E-state index contributed by atoms with van der Waals surface area (Å²) in [4.78, 5) is 42.0. The predicted molar refractivity (Wildman–Crippen MR) is 117 cm³/mol. The minimum atomic E-state index is -0.428. The van der Waals surface area contributed by atoms with Crippen molar-refractivity contribution in [2.45, 2.75) is 6.42 Å². The Morgan fingerprint density at radius 3 is 2.77 bits per heavy atom. The summed E-state index contributed by atoms with van der Waals surface area (Å²) in [6.07, 6.45) is 1.83. The zero-order valence-corrected chi connectivity index (χ0v) is 17.2. The van der Waals surface area contributed by atoms with Crippen LogP contribution in [0.3, 0.4) is 0 Å². The molecule has 0 radical (unpaired) electrons. The highest BCUT2D eigenvalue weighted by Crippen LogP contribution is 2.28. The number of nitrogens with one attached hydrogen (secondary N) is 3. The standard InChI is InChI=1S/C23H24N4O4/c1-31-17-6-4-5-16(12-17)27-14-15(11-21(27)28)22(29)24-9-10-25-23(30)19-13-26-20-8-3-2-7-18(19)20/h2-8,12-13,15,26H,9-11,14H2,1H3,(H,24,29)(H,25,30). The van der Waals surface area contributed by atoms with Crippen LogP contribution in [0.25, 0.3) is 10.9 Å². The van der Waals surface area contributed by atoms with Gasteiger partial charge in [-0.25, -0.2) is 0 Å². The lowest BCUT2D eigenvalue weighted by Crippen LogP contribution is -2.38. The lowest BCUT2D eigenvalue weighted by Gasteiger charge is -2.17. The van der Waals surface area contributed by atoms with E-state index in [2.05, 4.69) is 15.6 Å². The van der Waals surface area contributed by atoms with Gasteiger partial charge in [0, 0.05) is 54.9 Å². The van der Waals surface area contributed by atoms with Gasteiger partial charge in [0.2, 0.25) is 11.8 Å². The molecule has 1 saturated heterocycles. The highest BCUT2D eigenvalue weighted by Gasteiger charge is 2.35. The van der Waals surface area contributed by atoms with Crippen LogP contribution in [0, 0.1) is 5.92 Å². The largest absolute Gasteiger partial charge is 0.497 e.